The number of aryl methyl sites for hydroxylation is 1. The number of carbonyl (C=O) groups excluding carboxylic acids is 3. The van der Waals surface area contributed by atoms with Gasteiger partial charge in [-0.1, -0.05) is 6.07 Å². The standard InChI is InChI=1S/C27H26FN3O5/c1-16-13-19(17(2)31(16)21-8-6-20(28)7-9-21)15-22-25(32)29-27(34)30(26(22)33)12-11-18-5-10-23(35-3)24(14-18)36-4/h5-10,13-15H,11-12H2,1-4H3,(H,29,32,34)/b22-15+. The van der Waals surface area contributed by atoms with Crippen LogP contribution in [0.25, 0.3) is 11.8 Å². The van der Waals surface area contributed by atoms with Crippen LogP contribution in [0.4, 0.5) is 9.18 Å². The molecule has 0 bridgehead atoms. The van der Waals surface area contributed by atoms with E-state index in [1.807, 2.05) is 30.5 Å². The molecule has 2 aromatic carbocycles. The fraction of sp³-hybridized carbons (Fsp3) is 0.222. The van der Waals surface area contributed by atoms with Crippen molar-refractivity contribution >= 4 is 23.9 Å². The molecule has 1 aliphatic rings. The Morgan fingerprint density at radius 2 is 1.64 bits per heavy atom. The molecule has 8 nitrogen and oxygen atoms in total. The number of amides is 4. The Hall–Kier alpha value is -4.40. The number of urea groups is 1. The number of nitrogens with zero attached hydrogens (tertiary/aromatic N) is 2. The molecule has 0 aliphatic carbocycles. The van der Waals surface area contributed by atoms with Crippen molar-refractivity contribution in [1.82, 2.24) is 14.8 Å². The molecular weight excluding hydrogens is 465 g/mol. The van der Waals surface area contributed by atoms with Gasteiger partial charge in [-0.15, -0.1) is 0 Å². The predicted molar refractivity (Wildman–Crippen MR) is 132 cm³/mol. The third-order valence-corrected chi connectivity index (χ3v) is 6.11. The number of halogens is 1. The third-order valence-electron chi connectivity index (χ3n) is 6.11. The average molecular weight is 492 g/mol. The van der Waals surface area contributed by atoms with Crippen LogP contribution in [-0.2, 0) is 16.0 Å². The highest BCUT2D eigenvalue weighted by Gasteiger charge is 2.35. The minimum absolute atomic E-state index is 0.0688. The van der Waals surface area contributed by atoms with E-state index in [0.717, 1.165) is 27.5 Å². The van der Waals surface area contributed by atoms with Crippen LogP contribution in [-0.4, -0.2) is 48.1 Å². The van der Waals surface area contributed by atoms with Gasteiger partial charge in [0.1, 0.15) is 11.4 Å². The van der Waals surface area contributed by atoms with Crippen LogP contribution in [0.15, 0.2) is 54.1 Å². The van der Waals surface area contributed by atoms with Gasteiger partial charge >= 0.3 is 6.03 Å². The number of imide groups is 2. The molecule has 3 aromatic rings. The monoisotopic (exact) mass is 491 g/mol. The van der Waals surface area contributed by atoms with E-state index in [-0.39, 0.29) is 17.9 Å². The lowest BCUT2D eigenvalue weighted by Gasteiger charge is -2.26. The molecule has 4 rings (SSSR count). The molecule has 1 aromatic heterocycles. The lowest BCUT2D eigenvalue weighted by Crippen LogP contribution is -2.54. The maximum atomic E-state index is 13.4. The first-order valence-electron chi connectivity index (χ1n) is 11.3. The molecule has 1 saturated heterocycles. The Labute approximate surface area is 207 Å². The quantitative estimate of drug-likeness (QED) is 0.399. The SMILES string of the molecule is COc1ccc(CCN2C(=O)NC(=O)/C(=C\c3cc(C)n(-c4ccc(F)cc4)c3C)C2=O)cc1OC. The van der Waals surface area contributed by atoms with Gasteiger partial charge in [0.15, 0.2) is 11.5 Å². The summed E-state index contributed by atoms with van der Waals surface area (Å²) >= 11 is 0. The fourth-order valence-corrected chi connectivity index (χ4v) is 4.25. The van der Waals surface area contributed by atoms with Gasteiger partial charge in [0.2, 0.25) is 0 Å². The number of hydrogen-bond donors (Lipinski definition) is 1. The van der Waals surface area contributed by atoms with E-state index in [2.05, 4.69) is 5.32 Å². The Morgan fingerprint density at radius 1 is 0.944 bits per heavy atom. The summed E-state index contributed by atoms with van der Waals surface area (Å²) in [5.41, 5.74) is 3.70. The topological polar surface area (TPSA) is 89.9 Å². The first kappa shape index (κ1) is 24.7. The lowest BCUT2D eigenvalue weighted by molar-refractivity contribution is -0.130. The molecule has 2 heterocycles. The van der Waals surface area contributed by atoms with E-state index in [1.54, 1.807) is 24.3 Å². The van der Waals surface area contributed by atoms with E-state index in [1.165, 1.54) is 32.4 Å². The van der Waals surface area contributed by atoms with Crippen molar-refractivity contribution in [2.75, 3.05) is 20.8 Å². The molecule has 4 amide bonds. The Balaban J connectivity index is 1.59. The van der Waals surface area contributed by atoms with Gasteiger partial charge in [-0.25, -0.2) is 9.18 Å². The van der Waals surface area contributed by atoms with Crippen LogP contribution in [0.2, 0.25) is 0 Å². The predicted octanol–water partition coefficient (Wildman–Crippen LogP) is 3.95. The van der Waals surface area contributed by atoms with Crippen molar-refractivity contribution in [3.05, 3.63) is 82.4 Å². The molecule has 0 atom stereocenters. The highest BCUT2D eigenvalue weighted by Crippen LogP contribution is 2.28. The van der Waals surface area contributed by atoms with Crippen LogP contribution in [0.3, 0.4) is 0 Å². The zero-order valence-electron chi connectivity index (χ0n) is 20.4. The van der Waals surface area contributed by atoms with E-state index in [9.17, 15) is 18.8 Å². The van der Waals surface area contributed by atoms with Gasteiger partial charge in [-0.2, -0.15) is 0 Å². The minimum atomic E-state index is -0.764. The summed E-state index contributed by atoms with van der Waals surface area (Å²) in [6.07, 6.45) is 1.84. The van der Waals surface area contributed by atoms with Gasteiger partial charge in [0, 0.05) is 23.6 Å². The minimum Gasteiger partial charge on any atom is -0.493 e. The van der Waals surface area contributed by atoms with Crippen molar-refractivity contribution in [2.24, 2.45) is 0 Å². The molecule has 186 valence electrons. The lowest BCUT2D eigenvalue weighted by atomic mass is 10.1. The van der Waals surface area contributed by atoms with Crippen molar-refractivity contribution in [2.45, 2.75) is 20.3 Å². The summed E-state index contributed by atoms with van der Waals surface area (Å²) in [4.78, 5) is 39.2. The van der Waals surface area contributed by atoms with Crippen LogP contribution in [0.5, 0.6) is 11.5 Å². The number of nitrogens with one attached hydrogen (secondary N) is 1. The van der Waals surface area contributed by atoms with Gasteiger partial charge in [-0.3, -0.25) is 19.8 Å². The van der Waals surface area contributed by atoms with Gasteiger partial charge in [0.05, 0.1) is 14.2 Å². The highest BCUT2D eigenvalue weighted by molar-refractivity contribution is 6.31. The molecule has 0 unspecified atom stereocenters. The zero-order chi connectivity index (χ0) is 26.0. The number of benzene rings is 2. The summed E-state index contributed by atoms with van der Waals surface area (Å²) < 4.78 is 25.8. The normalized spacial score (nSPS) is 14.9. The fourth-order valence-electron chi connectivity index (χ4n) is 4.25. The summed E-state index contributed by atoms with van der Waals surface area (Å²) in [6.45, 7) is 3.79. The number of aromatic nitrogens is 1. The number of carbonyl (C=O) groups is 3. The maximum Gasteiger partial charge on any atom is 0.331 e. The number of hydrogen-bond acceptors (Lipinski definition) is 5. The van der Waals surface area contributed by atoms with Gasteiger partial charge in [-0.05, 0) is 79.9 Å². The van der Waals surface area contributed by atoms with Crippen LogP contribution < -0.4 is 14.8 Å². The Kier molecular flexibility index (Phi) is 6.91. The van der Waals surface area contributed by atoms with Crippen molar-refractivity contribution in [1.29, 1.82) is 0 Å². The molecule has 1 aliphatic heterocycles. The first-order chi connectivity index (χ1) is 17.2. The number of barbiturate groups is 1. The molecule has 0 radical (unpaired) electrons. The van der Waals surface area contributed by atoms with Crippen LogP contribution in [0, 0.1) is 19.7 Å². The summed E-state index contributed by atoms with van der Waals surface area (Å²) in [6, 6.07) is 12.4. The van der Waals surface area contributed by atoms with Gasteiger partial charge in [0.25, 0.3) is 11.8 Å². The van der Waals surface area contributed by atoms with Crippen molar-refractivity contribution in [3.63, 3.8) is 0 Å². The van der Waals surface area contributed by atoms with E-state index < -0.39 is 17.8 Å². The largest absolute Gasteiger partial charge is 0.493 e. The second-order valence-corrected chi connectivity index (χ2v) is 8.35. The zero-order valence-corrected chi connectivity index (χ0v) is 20.4. The molecule has 9 heteroatoms. The summed E-state index contributed by atoms with van der Waals surface area (Å²) in [7, 11) is 3.06. The Bertz CT molecular complexity index is 1370. The number of rotatable bonds is 7. The summed E-state index contributed by atoms with van der Waals surface area (Å²) in [5.74, 6) is -0.653. The second-order valence-electron chi connectivity index (χ2n) is 8.35. The first-order valence-corrected chi connectivity index (χ1v) is 11.3. The van der Waals surface area contributed by atoms with Gasteiger partial charge < -0.3 is 14.0 Å². The molecule has 0 saturated carbocycles. The highest BCUT2D eigenvalue weighted by atomic mass is 19.1. The molecule has 0 spiro atoms. The molecule has 1 N–H and O–H groups in total. The van der Waals surface area contributed by atoms with Crippen molar-refractivity contribution < 1.29 is 28.2 Å². The number of ether oxygens (including phenoxy) is 2. The second kappa shape index (κ2) is 10.1. The smallest absolute Gasteiger partial charge is 0.331 e. The molecule has 1 fully saturated rings. The molecular formula is C27H26FN3O5. The van der Waals surface area contributed by atoms with Crippen molar-refractivity contribution in [3.8, 4) is 17.2 Å². The van der Waals surface area contributed by atoms with E-state index >= 15 is 0 Å². The number of methoxy groups -OCH3 is 2. The van der Waals surface area contributed by atoms with E-state index in [4.69, 9.17) is 9.47 Å². The van der Waals surface area contributed by atoms with Crippen LogP contribution in [0.1, 0.15) is 22.5 Å². The van der Waals surface area contributed by atoms with E-state index in [0.29, 0.717) is 23.5 Å². The Morgan fingerprint density at radius 3 is 2.31 bits per heavy atom. The molecule has 36 heavy (non-hydrogen) atoms. The summed E-state index contributed by atoms with van der Waals surface area (Å²) in [5, 5.41) is 2.25. The van der Waals surface area contributed by atoms with Crippen LogP contribution >= 0.6 is 0 Å². The average Bonchev–Trinajstić information content (AvgIpc) is 3.14. The third kappa shape index (κ3) is 4.72. The maximum absolute atomic E-state index is 13.4.